The van der Waals surface area contributed by atoms with Gasteiger partial charge in [0.1, 0.15) is 12.1 Å². The van der Waals surface area contributed by atoms with Crippen molar-refractivity contribution in [1.82, 2.24) is 0 Å². The summed E-state index contributed by atoms with van der Waals surface area (Å²) < 4.78 is 5.35. The van der Waals surface area contributed by atoms with Crippen LogP contribution >= 0.6 is 0 Å². The number of hydrogen-bond donors (Lipinski definition) is 1. The fraction of sp³-hybridized carbons (Fsp3) is 0.909. The molecule has 1 fully saturated rings. The van der Waals surface area contributed by atoms with E-state index in [0.717, 1.165) is 12.8 Å². The molecule has 0 heterocycles. The largest absolute Gasteiger partial charge is 0.461 e. The predicted molar refractivity (Wildman–Crippen MR) is 55.8 cm³/mol. The van der Waals surface area contributed by atoms with Gasteiger partial charge in [0.25, 0.3) is 0 Å². The first-order valence-corrected chi connectivity index (χ1v) is 5.59. The monoisotopic (exact) mass is 199 g/mol. The van der Waals surface area contributed by atoms with Crippen molar-refractivity contribution >= 4 is 5.97 Å². The highest BCUT2D eigenvalue weighted by Crippen LogP contribution is 2.25. The summed E-state index contributed by atoms with van der Waals surface area (Å²) in [6.45, 7) is 4.11. The van der Waals surface area contributed by atoms with Gasteiger partial charge < -0.3 is 10.5 Å². The smallest absolute Gasteiger partial charge is 0.323 e. The topological polar surface area (TPSA) is 52.3 Å². The Morgan fingerprint density at radius 3 is 2.86 bits per heavy atom. The summed E-state index contributed by atoms with van der Waals surface area (Å²) in [6, 6.07) is -0.438. The van der Waals surface area contributed by atoms with Crippen molar-refractivity contribution in [2.24, 2.45) is 11.7 Å². The molecule has 0 saturated heterocycles. The van der Waals surface area contributed by atoms with Crippen molar-refractivity contribution < 1.29 is 9.53 Å². The normalized spacial score (nSPS) is 29.6. The molecular weight excluding hydrogens is 178 g/mol. The fourth-order valence-corrected chi connectivity index (χ4v) is 1.90. The Labute approximate surface area is 86.0 Å². The minimum Gasteiger partial charge on any atom is -0.461 e. The van der Waals surface area contributed by atoms with Gasteiger partial charge in [-0.25, -0.2) is 0 Å². The molecule has 82 valence electrons. The van der Waals surface area contributed by atoms with Crippen LogP contribution in [0.1, 0.15) is 46.0 Å². The SMILES string of the molecule is CC[C@@H](N)C(=O)OC1CCCC(C)C1. The van der Waals surface area contributed by atoms with Gasteiger partial charge in [0.15, 0.2) is 0 Å². The Hall–Kier alpha value is -0.570. The zero-order valence-corrected chi connectivity index (χ0v) is 9.16. The van der Waals surface area contributed by atoms with Crippen molar-refractivity contribution in [3.63, 3.8) is 0 Å². The van der Waals surface area contributed by atoms with Crippen molar-refractivity contribution in [2.45, 2.75) is 58.1 Å². The Bertz CT molecular complexity index is 194. The molecule has 0 amide bonds. The van der Waals surface area contributed by atoms with E-state index in [1.54, 1.807) is 0 Å². The number of nitrogens with two attached hydrogens (primary N) is 1. The summed E-state index contributed by atoms with van der Waals surface area (Å²) >= 11 is 0. The molecule has 1 aliphatic carbocycles. The van der Waals surface area contributed by atoms with Crippen LogP contribution in [-0.2, 0) is 9.53 Å². The highest BCUT2D eigenvalue weighted by Gasteiger charge is 2.23. The minimum atomic E-state index is -0.438. The molecule has 0 bridgehead atoms. The standard InChI is InChI=1S/C11H21NO2/c1-3-10(12)11(13)14-9-6-4-5-8(2)7-9/h8-10H,3-7,12H2,1-2H3/t8?,9?,10-/m1/s1. The molecule has 2 unspecified atom stereocenters. The van der Waals surface area contributed by atoms with Gasteiger partial charge in [0, 0.05) is 0 Å². The van der Waals surface area contributed by atoms with Crippen LogP contribution in [0.2, 0.25) is 0 Å². The second-order valence-corrected chi connectivity index (χ2v) is 4.35. The molecule has 0 aromatic carbocycles. The molecule has 0 aromatic rings. The van der Waals surface area contributed by atoms with Crippen LogP contribution in [0.4, 0.5) is 0 Å². The van der Waals surface area contributed by atoms with Gasteiger partial charge in [0.2, 0.25) is 0 Å². The van der Waals surface area contributed by atoms with E-state index in [2.05, 4.69) is 6.92 Å². The number of esters is 1. The number of rotatable bonds is 3. The zero-order valence-electron chi connectivity index (χ0n) is 9.16. The van der Waals surface area contributed by atoms with Gasteiger partial charge in [-0.2, -0.15) is 0 Å². The van der Waals surface area contributed by atoms with Gasteiger partial charge in [-0.1, -0.05) is 20.3 Å². The van der Waals surface area contributed by atoms with Gasteiger partial charge >= 0.3 is 5.97 Å². The van der Waals surface area contributed by atoms with Crippen LogP contribution in [0.5, 0.6) is 0 Å². The summed E-state index contributed by atoms with van der Waals surface area (Å²) in [4.78, 5) is 11.4. The molecular formula is C11H21NO2. The van der Waals surface area contributed by atoms with Crippen molar-refractivity contribution in [2.75, 3.05) is 0 Å². The molecule has 0 aromatic heterocycles. The van der Waals surface area contributed by atoms with E-state index in [0.29, 0.717) is 12.3 Å². The van der Waals surface area contributed by atoms with Gasteiger partial charge in [-0.3, -0.25) is 4.79 Å². The third-order valence-corrected chi connectivity index (χ3v) is 2.91. The molecule has 3 nitrogen and oxygen atoms in total. The lowest BCUT2D eigenvalue weighted by Gasteiger charge is -2.27. The van der Waals surface area contributed by atoms with Gasteiger partial charge in [-0.05, 0) is 31.6 Å². The summed E-state index contributed by atoms with van der Waals surface area (Å²) in [5.41, 5.74) is 5.59. The average molecular weight is 199 g/mol. The van der Waals surface area contributed by atoms with Gasteiger partial charge in [-0.15, -0.1) is 0 Å². The van der Waals surface area contributed by atoms with Crippen molar-refractivity contribution in [3.05, 3.63) is 0 Å². The third kappa shape index (κ3) is 3.29. The first kappa shape index (κ1) is 11.5. The molecule has 1 rings (SSSR count). The minimum absolute atomic E-state index is 0.115. The first-order chi connectivity index (χ1) is 6.63. The Morgan fingerprint density at radius 1 is 1.57 bits per heavy atom. The first-order valence-electron chi connectivity index (χ1n) is 5.59. The van der Waals surface area contributed by atoms with Crippen LogP contribution in [0, 0.1) is 5.92 Å². The highest BCUT2D eigenvalue weighted by molar-refractivity contribution is 5.75. The van der Waals surface area contributed by atoms with E-state index < -0.39 is 6.04 Å². The molecule has 0 aliphatic heterocycles. The predicted octanol–water partition coefficient (Wildman–Crippen LogP) is 1.85. The van der Waals surface area contributed by atoms with Crippen LogP contribution in [-0.4, -0.2) is 18.1 Å². The van der Waals surface area contributed by atoms with Crippen LogP contribution in [0.3, 0.4) is 0 Å². The molecule has 1 saturated carbocycles. The molecule has 3 heteroatoms. The van der Waals surface area contributed by atoms with E-state index in [-0.39, 0.29) is 12.1 Å². The summed E-state index contributed by atoms with van der Waals surface area (Å²) in [5, 5.41) is 0. The van der Waals surface area contributed by atoms with Crippen molar-refractivity contribution in [3.8, 4) is 0 Å². The Kier molecular flexibility index (Phi) is 4.39. The lowest BCUT2D eigenvalue weighted by molar-refractivity contribution is -0.152. The maximum atomic E-state index is 11.4. The van der Waals surface area contributed by atoms with E-state index >= 15 is 0 Å². The number of carbonyl (C=O) groups excluding carboxylic acids is 1. The summed E-state index contributed by atoms with van der Waals surface area (Å²) in [7, 11) is 0. The van der Waals surface area contributed by atoms with Crippen LogP contribution in [0.15, 0.2) is 0 Å². The average Bonchev–Trinajstić information content (AvgIpc) is 2.16. The summed E-state index contributed by atoms with van der Waals surface area (Å²) in [6.07, 6.45) is 5.20. The van der Waals surface area contributed by atoms with E-state index in [1.165, 1.54) is 12.8 Å². The number of hydrogen-bond acceptors (Lipinski definition) is 3. The maximum absolute atomic E-state index is 11.4. The van der Waals surface area contributed by atoms with Crippen molar-refractivity contribution in [1.29, 1.82) is 0 Å². The molecule has 1 aliphatic rings. The fourth-order valence-electron chi connectivity index (χ4n) is 1.90. The quantitative estimate of drug-likeness (QED) is 0.706. The molecule has 0 radical (unpaired) electrons. The van der Waals surface area contributed by atoms with Crippen LogP contribution in [0.25, 0.3) is 0 Å². The molecule has 14 heavy (non-hydrogen) atoms. The Morgan fingerprint density at radius 2 is 2.29 bits per heavy atom. The zero-order chi connectivity index (χ0) is 10.6. The number of carbonyl (C=O) groups is 1. The second kappa shape index (κ2) is 5.35. The highest BCUT2D eigenvalue weighted by atomic mass is 16.5. The molecule has 0 spiro atoms. The lowest BCUT2D eigenvalue weighted by atomic mass is 9.89. The van der Waals surface area contributed by atoms with E-state index in [4.69, 9.17) is 10.5 Å². The number of ether oxygens (including phenoxy) is 1. The van der Waals surface area contributed by atoms with E-state index in [1.807, 2.05) is 6.92 Å². The van der Waals surface area contributed by atoms with Crippen LogP contribution < -0.4 is 5.73 Å². The van der Waals surface area contributed by atoms with E-state index in [9.17, 15) is 4.79 Å². The third-order valence-electron chi connectivity index (χ3n) is 2.91. The Balaban J connectivity index is 2.32. The second-order valence-electron chi connectivity index (χ2n) is 4.35. The molecule has 2 N–H and O–H groups in total. The summed E-state index contributed by atoms with van der Waals surface area (Å²) in [5.74, 6) is 0.450. The molecule has 3 atom stereocenters. The maximum Gasteiger partial charge on any atom is 0.323 e. The van der Waals surface area contributed by atoms with Gasteiger partial charge in [0.05, 0.1) is 0 Å². The lowest BCUT2D eigenvalue weighted by Crippen LogP contribution is -2.35.